The lowest BCUT2D eigenvalue weighted by molar-refractivity contribution is -0.177. The van der Waals surface area contributed by atoms with Crippen molar-refractivity contribution >= 4 is 18.4 Å². The smallest absolute Gasteiger partial charge is 0.306 e. The second-order valence-electron chi connectivity index (χ2n) is 5.98. The Morgan fingerprint density at radius 3 is 2.52 bits per heavy atom. The van der Waals surface area contributed by atoms with E-state index < -0.39 is 5.60 Å². The fraction of sp³-hybridized carbons (Fsp3) is 0.588. The van der Waals surface area contributed by atoms with Gasteiger partial charge in [-0.2, -0.15) is 0 Å². The Hall–Kier alpha value is -1.06. The third-order valence-corrected chi connectivity index (χ3v) is 4.56. The molecule has 0 radical (unpaired) electrons. The molecule has 3 nitrogen and oxygen atoms in total. The molecular formula is C17H26ClNO2. The Morgan fingerprint density at radius 1 is 1.33 bits per heavy atom. The minimum absolute atomic E-state index is 0. The fourth-order valence-corrected chi connectivity index (χ4v) is 3.15. The van der Waals surface area contributed by atoms with Crippen LogP contribution in [-0.2, 0) is 15.1 Å². The molecule has 21 heavy (non-hydrogen) atoms. The molecule has 1 aliphatic heterocycles. The first-order valence-corrected chi connectivity index (χ1v) is 7.47. The lowest BCUT2D eigenvalue weighted by Gasteiger charge is -2.48. The molecule has 3 unspecified atom stereocenters. The van der Waals surface area contributed by atoms with Gasteiger partial charge in [0.05, 0.1) is 0 Å². The van der Waals surface area contributed by atoms with Gasteiger partial charge < -0.3 is 9.64 Å². The SMILES string of the molecule is CCC(=O)OC1(c2ccccc2)CC(C)N(C)CC1C.Cl. The normalized spacial score (nSPS) is 29.5. The second-order valence-corrected chi connectivity index (χ2v) is 5.98. The largest absolute Gasteiger partial charge is 0.454 e. The van der Waals surface area contributed by atoms with Gasteiger partial charge in [-0.3, -0.25) is 4.79 Å². The van der Waals surface area contributed by atoms with Crippen LogP contribution in [-0.4, -0.2) is 30.5 Å². The summed E-state index contributed by atoms with van der Waals surface area (Å²) in [7, 11) is 2.14. The van der Waals surface area contributed by atoms with Crippen molar-refractivity contribution in [1.29, 1.82) is 0 Å². The van der Waals surface area contributed by atoms with E-state index in [9.17, 15) is 4.79 Å². The average Bonchev–Trinajstić information content (AvgIpc) is 2.45. The van der Waals surface area contributed by atoms with Crippen LogP contribution in [0.4, 0.5) is 0 Å². The van der Waals surface area contributed by atoms with Crippen LogP contribution in [0.3, 0.4) is 0 Å². The third-order valence-electron chi connectivity index (χ3n) is 4.56. The van der Waals surface area contributed by atoms with Gasteiger partial charge in [0.1, 0.15) is 5.60 Å². The molecule has 2 rings (SSSR count). The molecule has 0 spiro atoms. The quantitative estimate of drug-likeness (QED) is 0.799. The van der Waals surface area contributed by atoms with Crippen LogP contribution < -0.4 is 0 Å². The maximum atomic E-state index is 12.0. The standard InChI is InChI=1S/C17H25NO2.ClH/c1-5-16(19)20-17(15-9-7-6-8-10-15)11-14(3)18(4)12-13(17)2;/h6-10,13-14H,5,11-12H2,1-4H3;1H. The number of ether oxygens (including phenoxy) is 1. The van der Waals surface area contributed by atoms with E-state index in [1.807, 2.05) is 25.1 Å². The van der Waals surface area contributed by atoms with Crippen LogP contribution in [0, 0.1) is 5.92 Å². The number of esters is 1. The molecule has 0 aromatic heterocycles. The topological polar surface area (TPSA) is 29.5 Å². The van der Waals surface area contributed by atoms with Crippen molar-refractivity contribution < 1.29 is 9.53 Å². The first-order chi connectivity index (χ1) is 9.49. The third kappa shape index (κ3) is 3.58. The number of nitrogens with zero attached hydrogens (tertiary/aromatic N) is 1. The number of hydrogen-bond donors (Lipinski definition) is 0. The minimum Gasteiger partial charge on any atom is -0.454 e. The molecule has 1 heterocycles. The first kappa shape index (κ1) is 18.0. The number of carbonyl (C=O) groups is 1. The van der Waals surface area contributed by atoms with Crippen molar-refractivity contribution in [3.63, 3.8) is 0 Å². The summed E-state index contributed by atoms with van der Waals surface area (Å²) in [4.78, 5) is 14.3. The van der Waals surface area contributed by atoms with Gasteiger partial charge in [0.2, 0.25) is 0 Å². The summed E-state index contributed by atoms with van der Waals surface area (Å²) in [5.74, 6) is 0.166. The maximum Gasteiger partial charge on any atom is 0.306 e. The highest BCUT2D eigenvalue weighted by molar-refractivity contribution is 5.85. The molecule has 0 N–H and O–H groups in total. The van der Waals surface area contributed by atoms with E-state index in [4.69, 9.17) is 4.74 Å². The molecule has 1 aliphatic rings. The van der Waals surface area contributed by atoms with Crippen molar-refractivity contribution in [2.45, 2.75) is 45.3 Å². The van der Waals surface area contributed by atoms with E-state index in [2.05, 4.69) is 37.9 Å². The second kappa shape index (κ2) is 7.28. The van der Waals surface area contributed by atoms with E-state index in [-0.39, 0.29) is 24.3 Å². The van der Waals surface area contributed by atoms with Crippen LogP contribution in [0.15, 0.2) is 30.3 Å². The molecule has 0 aliphatic carbocycles. The summed E-state index contributed by atoms with van der Waals surface area (Å²) >= 11 is 0. The Labute approximate surface area is 134 Å². The number of likely N-dealkylation sites (tertiary alicyclic amines) is 1. The van der Waals surface area contributed by atoms with Gasteiger partial charge in [0, 0.05) is 31.3 Å². The zero-order valence-electron chi connectivity index (χ0n) is 13.3. The Morgan fingerprint density at radius 2 is 1.95 bits per heavy atom. The van der Waals surface area contributed by atoms with Gasteiger partial charge in [-0.15, -0.1) is 12.4 Å². The lowest BCUT2D eigenvalue weighted by Crippen LogP contribution is -2.53. The van der Waals surface area contributed by atoms with Crippen molar-refractivity contribution in [2.75, 3.05) is 13.6 Å². The van der Waals surface area contributed by atoms with Gasteiger partial charge in [0.25, 0.3) is 0 Å². The molecule has 0 bridgehead atoms. The molecular weight excluding hydrogens is 286 g/mol. The van der Waals surface area contributed by atoms with Gasteiger partial charge in [-0.25, -0.2) is 0 Å². The molecule has 1 fully saturated rings. The first-order valence-electron chi connectivity index (χ1n) is 7.47. The number of benzene rings is 1. The monoisotopic (exact) mass is 311 g/mol. The van der Waals surface area contributed by atoms with E-state index >= 15 is 0 Å². The van der Waals surface area contributed by atoms with Crippen molar-refractivity contribution in [3.8, 4) is 0 Å². The summed E-state index contributed by atoms with van der Waals surface area (Å²) in [6, 6.07) is 10.6. The van der Waals surface area contributed by atoms with Crippen LogP contribution in [0.5, 0.6) is 0 Å². The van der Waals surface area contributed by atoms with Crippen LogP contribution in [0.25, 0.3) is 0 Å². The lowest BCUT2D eigenvalue weighted by atomic mass is 9.74. The zero-order chi connectivity index (χ0) is 14.8. The average molecular weight is 312 g/mol. The Kier molecular flexibility index (Phi) is 6.24. The summed E-state index contributed by atoms with van der Waals surface area (Å²) in [6.07, 6.45) is 1.27. The Balaban J connectivity index is 0.00000220. The molecule has 3 atom stereocenters. The summed E-state index contributed by atoms with van der Waals surface area (Å²) < 4.78 is 5.98. The highest BCUT2D eigenvalue weighted by Gasteiger charge is 2.46. The highest BCUT2D eigenvalue weighted by atomic mass is 35.5. The molecule has 0 saturated carbocycles. The maximum absolute atomic E-state index is 12.0. The molecule has 118 valence electrons. The van der Waals surface area contributed by atoms with E-state index in [1.165, 1.54) is 0 Å². The molecule has 4 heteroatoms. The van der Waals surface area contributed by atoms with Gasteiger partial charge >= 0.3 is 5.97 Å². The van der Waals surface area contributed by atoms with E-state index in [1.54, 1.807) is 0 Å². The van der Waals surface area contributed by atoms with Crippen molar-refractivity contribution in [2.24, 2.45) is 5.92 Å². The van der Waals surface area contributed by atoms with Crippen molar-refractivity contribution in [1.82, 2.24) is 4.90 Å². The number of carbonyl (C=O) groups excluding carboxylic acids is 1. The molecule has 1 aromatic carbocycles. The van der Waals surface area contributed by atoms with Gasteiger partial charge in [0.15, 0.2) is 0 Å². The van der Waals surface area contributed by atoms with Crippen LogP contribution >= 0.6 is 12.4 Å². The summed E-state index contributed by atoms with van der Waals surface area (Å²) in [5.41, 5.74) is 0.634. The zero-order valence-corrected chi connectivity index (χ0v) is 14.2. The van der Waals surface area contributed by atoms with E-state index in [0.29, 0.717) is 12.5 Å². The molecule has 1 aromatic rings. The van der Waals surface area contributed by atoms with Crippen LogP contribution in [0.1, 0.15) is 39.2 Å². The fourth-order valence-electron chi connectivity index (χ4n) is 3.15. The number of rotatable bonds is 3. The predicted octanol–water partition coefficient (Wildman–Crippen LogP) is 3.62. The summed E-state index contributed by atoms with van der Waals surface area (Å²) in [6.45, 7) is 7.17. The molecule has 1 saturated heterocycles. The highest BCUT2D eigenvalue weighted by Crippen LogP contribution is 2.43. The van der Waals surface area contributed by atoms with E-state index in [0.717, 1.165) is 18.5 Å². The van der Waals surface area contributed by atoms with Crippen molar-refractivity contribution in [3.05, 3.63) is 35.9 Å². The molecule has 0 amide bonds. The summed E-state index contributed by atoms with van der Waals surface area (Å²) in [5, 5.41) is 0. The van der Waals surface area contributed by atoms with Gasteiger partial charge in [-0.05, 0) is 19.5 Å². The Bertz CT molecular complexity index is 465. The predicted molar refractivity (Wildman–Crippen MR) is 87.6 cm³/mol. The number of halogens is 1. The minimum atomic E-state index is -0.486. The number of piperidine rings is 1. The van der Waals surface area contributed by atoms with Gasteiger partial charge in [-0.1, -0.05) is 44.2 Å². The van der Waals surface area contributed by atoms with Crippen LogP contribution in [0.2, 0.25) is 0 Å². The number of hydrogen-bond acceptors (Lipinski definition) is 3.